The van der Waals surface area contributed by atoms with Crippen molar-refractivity contribution >= 4 is 28.6 Å². The molecular weight excluding hydrogens is 398 g/mol. The van der Waals surface area contributed by atoms with Crippen LogP contribution in [-0.4, -0.2) is 47.9 Å². The van der Waals surface area contributed by atoms with Crippen LogP contribution in [0.25, 0.3) is 16.8 Å². The average molecular weight is 420 g/mol. The van der Waals surface area contributed by atoms with E-state index in [0.29, 0.717) is 0 Å². The number of halogens is 1. The van der Waals surface area contributed by atoms with Gasteiger partial charge in [-0.05, 0) is 36.4 Å². The van der Waals surface area contributed by atoms with Gasteiger partial charge in [0, 0.05) is 54.8 Å². The molecule has 4 aromatic rings. The Hall–Kier alpha value is -3.25. The Morgan fingerprint density at radius 3 is 2.53 bits per heavy atom. The summed E-state index contributed by atoms with van der Waals surface area (Å²) in [5, 5.41) is 5.52. The van der Waals surface area contributed by atoms with Crippen LogP contribution in [-0.2, 0) is 0 Å². The predicted molar refractivity (Wildman–Crippen MR) is 121 cm³/mol. The average Bonchev–Trinajstić information content (AvgIpc) is 3.24. The summed E-state index contributed by atoms with van der Waals surface area (Å²) < 4.78 is 7.26. The van der Waals surface area contributed by atoms with E-state index in [0.717, 1.165) is 65.2 Å². The number of ether oxygens (including phenoxy) is 1. The van der Waals surface area contributed by atoms with Gasteiger partial charge in [-0.1, -0.05) is 29.8 Å². The van der Waals surface area contributed by atoms with Crippen LogP contribution in [0.1, 0.15) is 0 Å². The fourth-order valence-corrected chi connectivity index (χ4v) is 4.11. The van der Waals surface area contributed by atoms with E-state index in [1.165, 1.54) is 0 Å². The van der Waals surface area contributed by atoms with Gasteiger partial charge in [-0.2, -0.15) is 5.10 Å². The summed E-state index contributed by atoms with van der Waals surface area (Å²) in [5.74, 6) is 1.78. The van der Waals surface area contributed by atoms with E-state index in [-0.39, 0.29) is 0 Å². The van der Waals surface area contributed by atoms with Gasteiger partial charge in [0.25, 0.3) is 0 Å². The molecule has 2 aromatic heterocycles. The molecule has 0 amide bonds. The molecule has 152 valence electrons. The van der Waals surface area contributed by atoms with Crippen molar-refractivity contribution in [3.8, 4) is 17.0 Å². The first-order valence-electron chi connectivity index (χ1n) is 9.95. The maximum atomic E-state index is 6.16. The van der Waals surface area contributed by atoms with Crippen LogP contribution in [0.4, 0.5) is 11.5 Å². The van der Waals surface area contributed by atoms with Crippen molar-refractivity contribution in [2.45, 2.75) is 0 Å². The van der Waals surface area contributed by atoms with E-state index in [1.807, 2.05) is 59.4 Å². The summed E-state index contributed by atoms with van der Waals surface area (Å²) in [6.07, 6.45) is 3.71. The molecule has 0 N–H and O–H groups in total. The highest BCUT2D eigenvalue weighted by Crippen LogP contribution is 2.28. The van der Waals surface area contributed by atoms with Crippen LogP contribution >= 0.6 is 11.6 Å². The fourth-order valence-electron chi connectivity index (χ4n) is 3.92. The van der Waals surface area contributed by atoms with Gasteiger partial charge in [0.1, 0.15) is 11.3 Å². The number of benzene rings is 2. The van der Waals surface area contributed by atoms with E-state index < -0.39 is 0 Å². The number of anilines is 2. The van der Waals surface area contributed by atoms with E-state index in [9.17, 15) is 0 Å². The van der Waals surface area contributed by atoms with Crippen molar-refractivity contribution in [3.05, 3.63) is 72.0 Å². The molecular formula is C23H22ClN5O. The molecule has 0 saturated carbocycles. The molecule has 0 atom stereocenters. The van der Waals surface area contributed by atoms with Crippen molar-refractivity contribution < 1.29 is 4.74 Å². The molecule has 0 bridgehead atoms. The highest BCUT2D eigenvalue weighted by atomic mass is 35.5. The van der Waals surface area contributed by atoms with Crippen molar-refractivity contribution in [1.82, 2.24) is 14.6 Å². The second-order valence-electron chi connectivity index (χ2n) is 7.30. The minimum Gasteiger partial charge on any atom is -0.497 e. The van der Waals surface area contributed by atoms with Gasteiger partial charge < -0.3 is 14.5 Å². The molecule has 1 fully saturated rings. The molecule has 30 heavy (non-hydrogen) atoms. The monoisotopic (exact) mass is 419 g/mol. The number of aromatic nitrogens is 3. The quantitative estimate of drug-likeness (QED) is 0.491. The summed E-state index contributed by atoms with van der Waals surface area (Å²) in [6, 6.07) is 18.1. The number of hydrogen-bond donors (Lipinski definition) is 0. The number of hydrogen-bond acceptors (Lipinski definition) is 5. The smallest absolute Gasteiger partial charge is 0.154 e. The van der Waals surface area contributed by atoms with Crippen molar-refractivity contribution in [2.75, 3.05) is 43.1 Å². The topological polar surface area (TPSA) is 45.9 Å². The molecule has 0 spiro atoms. The normalized spacial score (nSPS) is 14.3. The second kappa shape index (κ2) is 7.88. The van der Waals surface area contributed by atoms with E-state index in [4.69, 9.17) is 21.4 Å². The summed E-state index contributed by atoms with van der Waals surface area (Å²) in [6.45, 7) is 3.61. The molecule has 5 rings (SSSR count). The van der Waals surface area contributed by atoms with Crippen LogP contribution in [0.5, 0.6) is 5.75 Å². The zero-order chi connectivity index (χ0) is 20.5. The molecule has 2 aromatic carbocycles. The third-order valence-electron chi connectivity index (χ3n) is 5.49. The second-order valence-corrected chi connectivity index (χ2v) is 7.73. The molecule has 1 aliphatic heterocycles. The van der Waals surface area contributed by atoms with E-state index in [1.54, 1.807) is 7.11 Å². The van der Waals surface area contributed by atoms with Gasteiger partial charge in [0.15, 0.2) is 5.82 Å². The molecule has 1 aliphatic rings. The van der Waals surface area contributed by atoms with Crippen molar-refractivity contribution in [1.29, 1.82) is 0 Å². The van der Waals surface area contributed by atoms with Gasteiger partial charge >= 0.3 is 0 Å². The lowest BCUT2D eigenvalue weighted by Crippen LogP contribution is -2.47. The highest BCUT2D eigenvalue weighted by Gasteiger charge is 2.21. The number of piperazine rings is 1. The zero-order valence-electron chi connectivity index (χ0n) is 16.7. The van der Waals surface area contributed by atoms with Gasteiger partial charge in [-0.15, -0.1) is 0 Å². The number of nitrogens with zero attached hydrogens (tertiary/aromatic N) is 5. The Bertz CT molecular complexity index is 1180. The molecule has 3 heterocycles. The third-order valence-corrected chi connectivity index (χ3v) is 5.72. The van der Waals surface area contributed by atoms with Crippen molar-refractivity contribution in [3.63, 3.8) is 0 Å². The number of fused-ring (bicyclic) bond motifs is 1. The number of rotatable bonds is 4. The minimum atomic E-state index is 0.769. The van der Waals surface area contributed by atoms with Gasteiger partial charge in [-0.3, -0.25) is 0 Å². The summed E-state index contributed by atoms with van der Waals surface area (Å²) >= 11 is 6.16. The largest absolute Gasteiger partial charge is 0.497 e. The van der Waals surface area contributed by atoms with Gasteiger partial charge in [0.2, 0.25) is 0 Å². The molecule has 7 heteroatoms. The lowest BCUT2D eigenvalue weighted by atomic mass is 10.1. The highest BCUT2D eigenvalue weighted by molar-refractivity contribution is 6.30. The summed E-state index contributed by atoms with van der Waals surface area (Å²) in [5.41, 5.74) is 4.10. The molecule has 0 aliphatic carbocycles. The van der Waals surface area contributed by atoms with Gasteiger partial charge in [-0.25, -0.2) is 9.50 Å². The Kier molecular flexibility index (Phi) is 4.93. The maximum absolute atomic E-state index is 6.16. The van der Waals surface area contributed by atoms with Crippen LogP contribution in [0, 0.1) is 0 Å². The first-order chi connectivity index (χ1) is 14.7. The van der Waals surface area contributed by atoms with Crippen LogP contribution in [0.15, 0.2) is 67.0 Å². The van der Waals surface area contributed by atoms with E-state index in [2.05, 4.69) is 26.9 Å². The zero-order valence-corrected chi connectivity index (χ0v) is 17.5. The maximum Gasteiger partial charge on any atom is 0.154 e. The number of methoxy groups -OCH3 is 1. The Morgan fingerprint density at radius 1 is 0.933 bits per heavy atom. The fraction of sp³-hybridized carbons (Fsp3) is 0.217. The van der Waals surface area contributed by atoms with Crippen LogP contribution in [0.3, 0.4) is 0 Å². The summed E-state index contributed by atoms with van der Waals surface area (Å²) in [4.78, 5) is 9.37. The molecule has 0 radical (unpaired) electrons. The molecule has 0 unspecified atom stereocenters. The Labute approximate surface area is 180 Å². The summed E-state index contributed by atoms with van der Waals surface area (Å²) in [7, 11) is 1.67. The van der Waals surface area contributed by atoms with E-state index >= 15 is 0 Å². The predicted octanol–water partition coefficient (Wildman–Crippen LogP) is 4.38. The molecule has 6 nitrogen and oxygen atoms in total. The first kappa shape index (κ1) is 18.8. The van der Waals surface area contributed by atoms with Crippen LogP contribution < -0.4 is 14.5 Å². The SMILES string of the molecule is COc1cccc(-c2cc3c(N4CCN(c5cccc(Cl)c5)CC4)nccn3n2)c1. The minimum absolute atomic E-state index is 0.769. The first-order valence-corrected chi connectivity index (χ1v) is 10.3. The van der Waals surface area contributed by atoms with Gasteiger partial charge in [0.05, 0.1) is 12.8 Å². The lowest BCUT2D eigenvalue weighted by molar-refractivity contribution is 0.415. The lowest BCUT2D eigenvalue weighted by Gasteiger charge is -2.36. The van der Waals surface area contributed by atoms with Crippen molar-refractivity contribution in [2.24, 2.45) is 0 Å². The Morgan fingerprint density at radius 2 is 1.73 bits per heavy atom. The standard InChI is InChI=1S/C23H22ClN5O/c1-30-20-7-2-4-17(14-20)21-16-22-23(25-8-9-29(22)26-21)28-12-10-27(11-13-28)19-6-3-5-18(24)15-19/h2-9,14-16H,10-13H2,1H3. The Balaban J connectivity index is 1.40. The third kappa shape index (κ3) is 3.55. The molecule has 1 saturated heterocycles. The van der Waals surface area contributed by atoms with Crippen LogP contribution in [0.2, 0.25) is 5.02 Å².